The first kappa shape index (κ1) is 8.06. The summed E-state index contributed by atoms with van der Waals surface area (Å²) in [5.74, 6) is 0.713. The number of aliphatic hydroxyl groups excluding tert-OH is 1. The molecule has 0 bridgehead atoms. The highest BCUT2D eigenvalue weighted by atomic mass is 16.3. The summed E-state index contributed by atoms with van der Waals surface area (Å²) in [5.41, 5.74) is 0.416. The Balaban J connectivity index is 2.54. The average molecular weight is 142 g/mol. The molecule has 1 rings (SSSR count). The Hall–Kier alpha value is -0.0400. The highest BCUT2D eigenvalue weighted by Crippen LogP contribution is 2.43. The number of hydrogen-bond acceptors (Lipinski definition) is 1. The van der Waals surface area contributed by atoms with Crippen LogP contribution in [0.1, 0.15) is 40.0 Å². The van der Waals surface area contributed by atoms with E-state index in [-0.39, 0.29) is 6.10 Å². The third-order valence-electron chi connectivity index (χ3n) is 3.14. The molecule has 0 aromatic heterocycles. The molecule has 2 atom stereocenters. The lowest BCUT2D eigenvalue weighted by molar-refractivity contribution is 0.144. The van der Waals surface area contributed by atoms with Gasteiger partial charge in [-0.1, -0.05) is 20.8 Å². The van der Waals surface area contributed by atoms with E-state index in [1.807, 2.05) is 0 Å². The molecule has 0 radical (unpaired) electrons. The van der Waals surface area contributed by atoms with Crippen LogP contribution in [-0.2, 0) is 0 Å². The highest BCUT2D eigenvalue weighted by Gasteiger charge is 2.36. The van der Waals surface area contributed by atoms with Crippen molar-refractivity contribution in [2.75, 3.05) is 0 Å². The Labute approximate surface area is 63.4 Å². The Bertz CT molecular complexity index is 120. The Morgan fingerprint density at radius 2 is 2.10 bits per heavy atom. The van der Waals surface area contributed by atoms with Crippen LogP contribution in [0.25, 0.3) is 0 Å². The molecule has 1 nitrogen and oxygen atoms in total. The summed E-state index contributed by atoms with van der Waals surface area (Å²) in [7, 11) is 0. The van der Waals surface area contributed by atoms with Crippen molar-refractivity contribution in [3.05, 3.63) is 0 Å². The van der Waals surface area contributed by atoms with Crippen LogP contribution in [0.5, 0.6) is 0 Å². The van der Waals surface area contributed by atoms with Crippen molar-refractivity contribution in [3.8, 4) is 0 Å². The lowest BCUT2D eigenvalue weighted by Gasteiger charge is -2.28. The molecule has 0 heterocycles. The first-order valence-corrected chi connectivity index (χ1v) is 4.23. The van der Waals surface area contributed by atoms with Gasteiger partial charge in [-0.3, -0.25) is 0 Å². The summed E-state index contributed by atoms with van der Waals surface area (Å²) in [5, 5.41) is 9.31. The van der Waals surface area contributed by atoms with E-state index in [4.69, 9.17) is 0 Å². The van der Waals surface area contributed by atoms with E-state index in [2.05, 4.69) is 20.8 Å². The van der Waals surface area contributed by atoms with Crippen molar-refractivity contribution < 1.29 is 5.11 Å². The fraction of sp³-hybridized carbons (Fsp3) is 1.00. The fourth-order valence-electron chi connectivity index (χ4n) is 1.76. The minimum absolute atomic E-state index is 0.0209. The molecule has 0 aromatic carbocycles. The molecule has 1 aliphatic rings. The van der Waals surface area contributed by atoms with E-state index >= 15 is 0 Å². The molecule has 0 saturated heterocycles. The van der Waals surface area contributed by atoms with Crippen LogP contribution in [0.3, 0.4) is 0 Å². The molecular weight excluding hydrogens is 124 g/mol. The Morgan fingerprint density at radius 3 is 2.30 bits per heavy atom. The summed E-state index contributed by atoms with van der Waals surface area (Å²) in [6, 6.07) is 0. The second-order valence-electron chi connectivity index (χ2n) is 4.21. The first-order valence-electron chi connectivity index (χ1n) is 4.23. The fourth-order valence-corrected chi connectivity index (χ4v) is 1.76. The highest BCUT2D eigenvalue weighted by molar-refractivity contribution is 4.87. The summed E-state index contributed by atoms with van der Waals surface area (Å²) < 4.78 is 0. The smallest absolute Gasteiger partial charge is 0.0545 e. The van der Waals surface area contributed by atoms with Crippen LogP contribution in [0.15, 0.2) is 0 Å². The molecule has 1 N–H and O–H groups in total. The van der Waals surface area contributed by atoms with Crippen molar-refractivity contribution in [2.24, 2.45) is 11.3 Å². The number of hydrogen-bond donors (Lipinski definition) is 1. The average Bonchev–Trinajstić information content (AvgIpc) is 2.13. The van der Waals surface area contributed by atoms with E-state index in [9.17, 15) is 5.11 Å². The third-order valence-corrected chi connectivity index (χ3v) is 3.14. The molecule has 0 aromatic rings. The lowest BCUT2D eigenvalue weighted by Crippen LogP contribution is -2.20. The van der Waals surface area contributed by atoms with Crippen molar-refractivity contribution in [1.82, 2.24) is 0 Å². The molecule has 0 spiro atoms. The summed E-state index contributed by atoms with van der Waals surface area (Å²) in [4.78, 5) is 0. The van der Waals surface area contributed by atoms with Crippen LogP contribution >= 0.6 is 0 Å². The van der Waals surface area contributed by atoms with Crippen LogP contribution < -0.4 is 0 Å². The van der Waals surface area contributed by atoms with Crippen molar-refractivity contribution in [2.45, 2.75) is 46.1 Å². The minimum Gasteiger partial charge on any atom is -0.393 e. The number of aliphatic hydroxyl groups is 1. The van der Waals surface area contributed by atoms with Gasteiger partial charge in [0.15, 0.2) is 0 Å². The zero-order chi connectivity index (χ0) is 7.78. The quantitative estimate of drug-likeness (QED) is 0.595. The van der Waals surface area contributed by atoms with Crippen LogP contribution in [-0.4, -0.2) is 11.2 Å². The monoisotopic (exact) mass is 142 g/mol. The molecule has 0 aliphatic heterocycles. The van der Waals surface area contributed by atoms with Gasteiger partial charge in [0.05, 0.1) is 6.10 Å². The standard InChI is InChI=1S/C9H18O/c1-7(2)9(3)5-4-8(10)6-9/h7-8,10H,4-6H2,1-3H3/t8-,9-/m1/s1. The van der Waals surface area contributed by atoms with Gasteiger partial charge in [0.25, 0.3) is 0 Å². The summed E-state index contributed by atoms with van der Waals surface area (Å²) in [6.07, 6.45) is 3.19. The van der Waals surface area contributed by atoms with Gasteiger partial charge in [0.2, 0.25) is 0 Å². The van der Waals surface area contributed by atoms with Crippen LogP contribution in [0.2, 0.25) is 0 Å². The van der Waals surface area contributed by atoms with Gasteiger partial charge >= 0.3 is 0 Å². The lowest BCUT2D eigenvalue weighted by atomic mass is 9.78. The van der Waals surface area contributed by atoms with Gasteiger partial charge in [-0.2, -0.15) is 0 Å². The van der Waals surface area contributed by atoms with Gasteiger partial charge in [-0.05, 0) is 30.6 Å². The van der Waals surface area contributed by atoms with E-state index < -0.39 is 0 Å². The van der Waals surface area contributed by atoms with E-state index in [1.165, 1.54) is 6.42 Å². The SMILES string of the molecule is CC(C)[C@]1(C)CC[C@@H](O)C1. The maximum atomic E-state index is 9.31. The molecule has 1 heteroatoms. The maximum absolute atomic E-state index is 9.31. The van der Waals surface area contributed by atoms with Crippen molar-refractivity contribution in [3.63, 3.8) is 0 Å². The van der Waals surface area contributed by atoms with Gasteiger partial charge in [0, 0.05) is 0 Å². The third kappa shape index (κ3) is 1.34. The van der Waals surface area contributed by atoms with Gasteiger partial charge in [-0.25, -0.2) is 0 Å². The zero-order valence-corrected chi connectivity index (χ0v) is 7.22. The first-order chi connectivity index (χ1) is 4.54. The molecule has 0 unspecified atom stereocenters. The molecule has 1 saturated carbocycles. The van der Waals surface area contributed by atoms with Crippen molar-refractivity contribution in [1.29, 1.82) is 0 Å². The maximum Gasteiger partial charge on any atom is 0.0545 e. The second-order valence-corrected chi connectivity index (χ2v) is 4.21. The topological polar surface area (TPSA) is 20.2 Å². The predicted molar refractivity (Wildman–Crippen MR) is 42.8 cm³/mol. The molecule has 10 heavy (non-hydrogen) atoms. The van der Waals surface area contributed by atoms with Gasteiger partial charge < -0.3 is 5.11 Å². The van der Waals surface area contributed by atoms with E-state index in [0.717, 1.165) is 12.8 Å². The molecule has 0 amide bonds. The van der Waals surface area contributed by atoms with Crippen molar-refractivity contribution >= 4 is 0 Å². The normalized spacial score (nSPS) is 41.1. The zero-order valence-electron chi connectivity index (χ0n) is 7.22. The largest absolute Gasteiger partial charge is 0.393 e. The number of rotatable bonds is 1. The molecular formula is C9H18O. The van der Waals surface area contributed by atoms with E-state index in [0.29, 0.717) is 11.3 Å². The summed E-state index contributed by atoms with van der Waals surface area (Å²) >= 11 is 0. The predicted octanol–water partition coefficient (Wildman–Crippen LogP) is 2.19. The van der Waals surface area contributed by atoms with Crippen LogP contribution in [0, 0.1) is 11.3 Å². The molecule has 1 aliphatic carbocycles. The van der Waals surface area contributed by atoms with Gasteiger partial charge in [0.1, 0.15) is 0 Å². The van der Waals surface area contributed by atoms with Crippen LogP contribution in [0.4, 0.5) is 0 Å². The minimum atomic E-state index is -0.0209. The molecule has 60 valence electrons. The second kappa shape index (κ2) is 2.54. The Morgan fingerprint density at radius 1 is 1.50 bits per heavy atom. The molecule has 1 fully saturated rings. The van der Waals surface area contributed by atoms with E-state index in [1.54, 1.807) is 0 Å². The Kier molecular flexibility index (Phi) is 2.04. The van der Waals surface area contributed by atoms with Gasteiger partial charge in [-0.15, -0.1) is 0 Å². The summed E-state index contributed by atoms with van der Waals surface area (Å²) in [6.45, 7) is 6.78.